The Labute approximate surface area is 157 Å². The van der Waals surface area contributed by atoms with E-state index < -0.39 is 37.3 Å². The Morgan fingerprint density at radius 3 is 2.11 bits per heavy atom. The molecule has 1 aromatic rings. The van der Waals surface area contributed by atoms with Gasteiger partial charge in [-0.3, -0.25) is 0 Å². The van der Waals surface area contributed by atoms with E-state index in [1.54, 1.807) is 24.3 Å². The van der Waals surface area contributed by atoms with E-state index in [1.807, 2.05) is 0 Å². The minimum Gasteiger partial charge on any atom is -0.493 e. The zero-order valence-electron chi connectivity index (χ0n) is 15.4. The molecule has 1 heterocycles. The Bertz CT molecular complexity index is 606. The minimum absolute atomic E-state index is 0.0549. The van der Waals surface area contributed by atoms with Gasteiger partial charge < -0.3 is 44.1 Å². The number of hydrogen-bond acceptors (Lipinski definition) is 9. The maximum Gasteiger partial charge on any atom is 0.203 e. The smallest absolute Gasteiger partial charge is 0.203 e. The van der Waals surface area contributed by atoms with Gasteiger partial charge in [0.2, 0.25) is 5.75 Å². The predicted molar refractivity (Wildman–Crippen MR) is 94.9 cm³/mol. The quantitative estimate of drug-likeness (QED) is 0.469. The first kappa shape index (κ1) is 21.4. The van der Waals surface area contributed by atoms with Gasteiger partial charge in [-0.25, -0.2) is 0 Å². The summed E-state index contributed by atoms with van der Waals surface area (Å²) >= 11 is 0. The number of benzene rings is 1. The summed E-state index contributed by atoms with van der Waals surface area (Å²) in [6.07, 6.45) is -3.09. The fourth-order valence-corrected chi connectivity index (χ4v) is 2.74. The van der Waals surface area contributed by atoms with E-state index in [0.717, 1.165) is 5.56 Å². The highest BCUT2D eigenvalue weighted by Gasteiger charge is 2.43. The number of aliphatic hydroxyl groups is 4. The summed E-state index contributed by atoms with van der Waals surface area (Å²) in [6, 6.07) is 3.51. The average Bonchev–Trinajstić information content (AvgIpc) is 2.69. The molecular formula is C18H26O9. The molecule has 0 saturated carbocycles. The van der Waals surface area contributed by atoms with Crippen molar-refractivity contribution in [3.8, 4) is 17.2 Å². The zero-order chi connectivity index (χ0) is 20.0. The molecule has 0 spiro atoms. The van der Waals surface area contributed by atoms with E-state index in [0.29, 0.717) is 17.2 Å². The molecule has 4 N–H and O–H groups in total. The van der Waals surface area contributed by atoms with Crippen LogP contribution in [0.25, 0.3) is 6.08 Å². The minimum atomic E-state index is -1.47. The molecule has 1 aliphatic rings. The predicted octanol–water partition coefficient (Wildman–Crippen LogP) is -0.458. The molecule has 0 aliphatic carbocycles. The summed E-state index contributed by atoms with van der Waals surface area (Å²) in [5.74, 6) is 1.49. The summed E-state index contributed by atoms with van der Waals surface area (Å²) in [5.41, 5.74) is 0.766. The van der Waals surface area contributed by atoms with Crippen molar-refractivity contribution >= 4 is 6.08 Å². The van der Waals surface area contributed by atoms with Crippen LogP contribution in [-0.2, 0) is 9.47 Å². The second kappa shape index (κ2) is 9.88. The van der Waals surface area contributed by atoms with E-state index in [4.69, 9.17) is 28.8 Å². The Kier molecular flexibility index (Phi) is 7.84. The fraction of sp³-hybridized carbons (Fsp3) is 0.556. The van der Waals surface area contributed by atoms with E-state index in [-0.39, 0.29) is 6.61 Å². The van der Waals surface area contributed by atoms with Gasteiger partial charge in [0.15, 0.2) is 17.8 Å². The maximum atomic E-state index is 9.92. The molecule has 0 amide bonds. The Balaban J connectivity index is 2.01. The van der Waals surface area contributed by atoms with Gasteiger partial charge in [0, 0.05) is 0 Å². The topological polar surface area (TPSA) is 127 Å². The lowest BCUT2D eigenvalue weighted by Crippen LogP contribution is -2.59. The van der Waals surface area contributed by atoms with Crippen molar-refractivity contribution in [1.29, 1.82) is 0 Å². The molecule has 9 heteroatoms. The third kappa shape index (κ3) is 4.89. The molecule has 27 heavy (non-hydrogen) atoms. The molecule has 1 fully saturated rings. The summed E-state index contributed by atoms with van der Waals surface area (Å²) in [6.45, 7) is -0.453. The lowest BCUT2D eigenvalue weighted by molar-refractivity contribution is -0.298. The zero-order valence-corrected chi connectivity index (χ0v) is 15.4. The molecule has 2 rings (SSSR count). The van der Waals surface area contributed by atoms with Gasteiger partial charge in [0.05, 0.1) is 34.5 Å². The second-order valence-electron chi connectivity index (χ2n) is 5.89. The Hall–Kier alpha value is -1.88. The SMILES string of the molecule is COc1cc(C=CCO[C@H]2O[C@H](CO)[C@@H](O)[C@H](O)[C@H]2O)cc(OC)c1OC. The molecule has 9 nitrogen and oxygen atoms in total. The van der Waals surface area contributed by atoms with Crippen LogP contribution in [0.2, 0.25) is 0 Å². The van der Waals surface area contributed by atoms with Crippen molar-refractivity contribution in [3.63, 3.8) is 0 Å². The Morgan fingerprint density at radius 1 is 0.963 bits per heavy atom. The number of aliphatic hydroxyl groups excluding tert-OH is 4. The van der Waals surface area contributed by atoms with Gasteiger partial charge in [-0.2, -0.15) is 0 Å². The van der Waals surface area contributed by atoms with Gasteiger partial charge in [0.1, 0.15) is 24.4 Å². The van der Waals surface area contributed by atoms with Gasteiger partial charge in [-0.05, 0) is 17.7 Å². The molecule has 0 unspecified atom stereocenters. The van der Waals surface area contributed by atoms with E-state index >= 15 is 0 Å². The van der Waals surface area contributed by atoms with Crippen LogP contribution in [0, 0.1) is 0 Å². The van der Waals surface area contributed by atoms with Crippen LogP contribution in [0.5, 0.6) is 17.2 Å². The molecule has 1 saturated heterocycles. The van der Waals surface area contributed by atoms with E-state index in [2.05, 4.69) is 0 Å². The highest BCUT2D eigenvalue weighted by atomic mass is 16.7. The number of methoxy groups -OCH3 is 3. The summed E-state index contributed by atoms with van der Waals surface area (Å²) < 4.78 is 26.5. The number of rotatable bonds is 8. The number of ether oxygens (including phenoxy) is 5. The molecule has 0 bridgehead atoms. The number of hydrogen-bond donors (Lipinski definition) is 4. The van der Waals surface area contributed by atoms with Crippen molar-refractivity contribution in [3.05, 3.63) is 23.8 Å². The summed E-state index contributed by atoms with van der Waals surface area (Å²) in [5, 5.41) is 38.6. The molecule has 5 atom stereocenters. The van der Waals surface area contributed by atoms with Crippen LogP contribution in [-0.4, -0.2) is 85.7 Å². The average molecular weight is 386 g/mol. The highest BCUT2D eigenvalue weighted by Crippen LogP contribution is 2.38. The maximum absolute atomic E-state index is 9.92. The van der Waals surface area contributed by atoms with Gasteiger partial charge in [-0.1, -0.05) is 12.2 Å². The van der Waals surface area contributed by atoms with Crippen LogP contribution >= 0.6 is 0 Å². The molecular weight excluding hydrogens is 360 g/mol. The fourth-order valence-electron chi connectivity index (χ4n) is 2.74. The van der Waals surface area contributed by atoms with E-state index in [9.17, 15) is 15.3 Å². The third-order valence-electron chi connectivity index (χ3n) is 4.20. The molecule has 0 radical (unpaired) electrons. The monoisotopic (exact) mass is 386 g/mol. The summed E-state index contributed by atoms with van der Waals surface area (Å²) in [4.78, 5) is 0. The third-order valence-corrected chi connectivity index (χ3v) is 4.20. The first-order chi connectivity index (χ1) is 13.0. The first-order valence-corrected chi connectivity index (χ1v) is 8.35. The largest absolute Gasteiger partial charge is 0.493 e. The Morgan fingerprint density at radius 2 is 1.59 bits per heavy atom. The normalized spacial score (nSPS) is 28.3. The van der Waals surface area contributed by atoms with Crippen molar-refractivity contribution < 1.29 is 44.1 Å². The highest BCUT2D eigenvalue weighted by molar-refractivity contribution is 5.62. The lowest BCUT2D eigenvalue weighted by atomic mass is 9.99. The van der Waals surface area contributed by atoms with Crippen LogP contribution in [0.15, 0.2) is 18.2 Å². The molecule has 152 valence electrons. The molecule has 1 aromatic carbocycles. The van der Waals surface area contributed by atoms with Crippen molar-refractivity contribution in [2.75, 3.05) is 34.5 Å². The van der Waals surface area contributed by atoms with Gasteiger partial charge in [0.25, 0.3) is 0 Å². The van der Waals surface area contributed by atoms with Crippen molar-refractivity contribution in [2.45, 2.75) is 30.7 Å². The van der Waals surface area contributed by atoms with Gasteiger partial charge >= 0.3 is 0 Å². The standard InChI is InChI=1S/C18H26O9/c1-23-11-7-10(8-12(24-2)17(11)25-3)5-4-6-26-18-16(22)15(21)14(20)13(9-19)27-18/h4-5,7-8,13-16,18-22H,6,9H2,1-3H3/t13-,14-,15+,16-,18+/m1/s1. The van der Waals surface area contributed by atoms with Gasteiger partial charge in [-0.15, -0.1) is 0 Å². The van der Waals surface area contributed by atoms with Crippen molar-refractivity contribution in [2.24, 2.45) is 0 Å². The van der Waals surface area contributed by atoms with Crippen LogP contribution in [0.3, 0.4) is 0 Å². The molecule has 0 aromatic heterocycles. The summed E-state index contributed by atoms with van der Waals surface area (Å²) in [7, 11) is 4.56. The van der Waals surface area contributed by atoms with Crippen LogP contribution < -0.4 is 14.2 Å². The molecule has 1 aliphatic heterocycles. The van der Waals surface area contributed by atoms with E-state index in [1.165, 1.54) is 21.3 Å². The van der Waals surface area contributed by atoms with Crippen LogP contribution in [0.4, 0.5) is 0 Å². The lowest BCUT2D eigenvalue weighted by Gasteiger charge is -2.39. The van der Waals surface area contributed by atoms with Crippen LogP contribution in [0.1, 0.15) is 5.56 Å². The first-order valence-electron chi connectivity index (χ1n) is 8.35. The second-order valence-corrected chi connectivity index (χ2v) is 5.89. The van der Waals surface area contributed by atoms with Crippen molar-refractivity contribution in [1.82, 2.24) is 0 Å².